The van der Waals surface area contributed by atoms with Crippen molar-refractivity contribution in [3.63, 3.8) is 0 Å². The third-order valence-electron chi connectivity index (χ3n) is 3.67. The summed E-state index contributed by atoms with van der Waals surface area (Å²) >= 11 is 6.07. The number of nitrogens with one attached hydrogen (secondary N) is 1. The summed E-state index contributed by atoms with van der Waals surface area (Å²) in [5.74, 6) is 1.14. The maximum Gasteiger partial charge on any atom is 0.321 e. The van der Waals surface area contributed by atoms with Crippen LogP contribution in [0.25, 0.3) is 0 Å². The predicted molar refractivity (Wildman–Crippen MR) is 81.7 cm³/mol. The van der Waals surface area contributed by atoms with Crippen molar-refractivity contribution >= 4 is 23.3 Å². The van der Waals surface area contributed by atoms with E-state index in [1.807, 2.05) is 17.9 Å². The number of piperidine rings is 1. The minimum Gasteiger partial charge on any atom is -0.495 e. The van der Waals surface area contributed by atoms with Crippen molar-refractivity contribution in [2.45, 2.75) is 26.7 Å². The number of benzene rings is 1. The topological polar surface area (TPSA) is 41.6 Å². The first-order valence-corrected chi connectivity index (χ1v) is 7.29. The van der Waals surface area contributed by atoms with E-state index in [0.29, 0.717) is 22.4 Å². The molecule has 2 rings (SSSR count). The zero-order valence-electron chi connectivity index (χ0n) is 12.2. The minimum absolute atomic E-state index is 0.0726. The van der Waals surface area contributed by atoms with Gasteiger partial charge in [0.25, 0.3) is 0 Å². The third kappa shape index (κ3) is 3.37. The molecule has 1 saturated heterocycles. The summed E-state index contributed by atoms with van der Waals surface area (Å²) in [6.45, 7) is 5.69. The number of likely N-dealkylation sites (tertiary alicyclic amines) is 1. The van der Waals surface area contributed by atoms with Crippen LogP contribution in [0.4, 0.5) is 10.5 Å². The van der Waals surface area contributed by atoms with Crippen molar-refractivity contribution in [1.29, 1.82) is 0 Å². The van der Waals surface area contributed by atoms with Gasteiger partial charge in [0.2, 0.25) is 0 Å². The Bertz CT molecular complexity index is 505. The van der Waals surface area contributed by atoms with Crippen molar-refractivity contribution in [3.05, 3.63) is 22.7 Å². The number of aryl methyl sites for hydroxylation is 1. The quantitative estimate of drug-likeness (QED) is 0.898. The molecule has 0 aromatic heterocycles. The molecule has 1 heterocycles. The van der Waals surface area contributed by atoms with Gasteiger partial charge in [-0.05, 0) is 37.3 Å². The van der Waals surface area contributed by atoms with Gasteiger partial charge < -0.3 is 15.0 Å². The lowest BCUT2D eigenvalue weighted by atomic mass is 10.0. The number of ether oxygens (including phenoxy) is 1. The lowest BCUT2D eigenvalue weighted by Crippen LogP contribution is -2.41. The second-order valence-corrected chi connectivity index (χ2v) is 5.83. The number of amides is 2. The molecule has 0 aliphatic carbocycles. The average Bonchev–Trinajstić information content (AvgIpc) is 2.42. The van der Waals surface area contributed by atoms with E-state index in [9.17, 15) is 4.79 Å². The summed E-state index contributed by atoms with van der Waals surface area (Å²) in [4.78, 5) is 14.2. The maximum atomic E-state index is 12.3. The van der Waals surface area contributed by atoms with Gasteiger partial charge in [0, 0.05) is 24.2 Å². The van der Waals surface area contributed by atoms with Gasteiger partial charge in [-0.25, -0.2) is 4.79 Å². The molecule has 1 aliphatic heterocycles. The second kappa shape index (κ2) is 6.35. The molecule has 2 amide bonds. The zero-order chi connectivity index (χ0) is 14.7. The molecule has 0 bridgehead atoms. The Balaban J connectivity index is 2.12. The first kappa shape index (κ1) is 15.0. The molecule has 1 atom stereocenters. The van der Waals surface area contributed by atoms with E-state index in [0.717, 1.165) is 25.1 Å². The van der Waals surface area contributed by atoms with E-state index >= 15 is 0 Å². The Kier molecular flexibility index (Phi) is 4.76. The number of hydrogen-bond donors (Lipinski definition) is 1. The van der Waals surface area contributed by atoms with Crippen LogP contribution in [0.5, 0.6) is 5.75 Å². The fraction of sp³-hybridized carbons (Fsp3) is 0.533. The smallest absolute Gasteiger partial charge is 0.321 e. The lowest BCUT2D eigenvalue weighted by Gasteiger charge is -2.31. The summed E-state index contributed by atoms with van der Waals surface area (Å²) in [5.41, 5.74) is 1.58. The third-order valence-corrected chi connectivity index (χ3v) is 4.07. The largest absolute Gasteiger partial charge is 0.495 e. The van der Waals surface area contributed by atoms with Crippen LogP contribution in [0, 0.1) is 12.8 Å². The van der Waals surface area contributed by atoms with Crippen molar-refractivity contribution < 1.29 is 9.53 Å². The molecule has 5 heteroatoms. The Morgan fingerprint density at radius 1 is 1.50 bits per heavy atom. The van der Waals surface area contributed by atoms with Gasteiger partial charge in [-0.3, -0.25) is 0 Å². The molecule has 0 spiro atoms. The predicted octanol–water partition coefficient (Wildman–Crippen LogP) is 3.92. The van der Waals surface area contributed by atoms with Crippen LogP contribution in [0.15, 0.2) is 12.1 Å². The molecule has 1 aromatic rings. The molecule has 1 fully saturated rings. The molecule has 4 nitrogen and oxygen atoms in total. The number of urea groups is 1. The Morgan fingerprint density at radius 2 is 2.25 bits per heavy atom. The Hall–Kier alpha value is -1.42. The molecule has 1 N–H and O–H groups in total. The highest BCUT2D eigenvalue weighted by Gasteiger charge is 2.21. The van der Waals surface area contributed by atoms with Gasteiger partial charge in [0.05, 0.1) is 12.8 Å². The molecular weight excluding hydrogens is 276 g/mol. The van der Waals surface area contributed by atoms with E-state index < -0.39 is 0 Å². The van der Waals surface area contributed by atoms with Gasteiger partial charge in [-0.15, -0.1) is 0 Å². The SMILES string of the molecule is COc1cc(Cl)c(C)cc1NC(=O)N1CCCC(C)C1. The monoisotopic (exact) mass is 296 g/mol. The molecule has 20 heavy (non-hydrogen) atoms. The normalized spacial score (nSPS) is 18.8. The summed E-state index contributed by atoms with van der Waals surface area (Å²) in [7, 11) is 1.57. The fourth-order valence-corrected chi connectivity index (χ4v) is 2.65. The van der Waals surface area contributed by atoms with Crippen molar-refractivity contribution in [3.8, 4) is 5.75 Å². The number of carbonyl (C=O) groups is 1. The van der Waals surface area contributed by atoms with Crippen LogP contribution in [-0.4, -0.2) is 31.1 Å². The van der Waals surface area contributed by atoms with Gasteiger partial charge in [-0.1, -0.05) is 18.5 Å². The molecular formula is C15H21ClN2O2. The van der Waals surface area contributed by atoms with E-state index in [2.05, 4.69) is 12.2 Å². The van der Waals surface area contributed by atoms with Crippen LogP contribution >= 0.6 is 11.6 Å². The number of hydrogen-bond acceptors (Lipinski definition) is 2. The summed E-state index contributed by atoms with van der Waals surface area (Å²) in [6, 6.07) is 3.49. The number of rotatable bonds is 2. The van der Waals surface area contributed by atoms with E-state index in [1.165, 1.54) is 6.42 Å². The number of methoxy groups -OCH3 is 1. The maximum absolute atomic E-state index is 12.3. The molecule has 110 valence electrons. The number of nitrogens with zero attached hydrogens (tertiary/aromatic N) is 1. The van der Waals surface area contributed by atoms with Gasteiger partial charge >= 0.3 is 6.03 Å². The summed E-state index contributed by atoms with van der Waals surface area (Å²) in [6.07, 6.45) is 2.25. The Labute approximate surface area is 125 Å². The second-order valence-electron chi connectivity index (χ2n) is 5.43. The van der Waals surface area contributed by atoms with Crippen molar-refractivity contribution in [1.82, 2.24) is 4.90 Å². The van der Waals surface area contributed by atoms with Gasteiger partial charge in [0.15, 0.2) is 0 Å². The van der Waals surface area contributed by atoms with Gasteiger partial charge in [-0.2, -0.15) is 0 Å². The van der Waals surface area contributed by atoms with E-state index in [-0.39, 0.29) is 6.03 Å². The fourth-order valence-electron chi connectivity index (χ4n) is 2.50. The molecule has 1 unspecified atom stereocenters. The average molecular weight is 297 g/mol. The molecule has 1 aromatic carbocycles. The number of halogens is 1. The van der Waals surface area contributed by atoms with E-state index in [1.54, 1.807) is 13.2 Å². The number of anilines is 1. The first-order chi connectivity index (χ1) is 9.51. The van der Waals surface area contributed by atoms with Crippen LogP contribution in [0.3, 0.4) is 0 Å². The highest BCUT2D eigenvalue weighted by Crippen LogP contribution is 2.31. The van der Waals surface area contributed by atoms with Crippen molar-refractivity contribution in [2.75, 3.05) is 25.5 Å². The van der Waals surface area contributed by atoms with Crippen LogP contribution in [-0.2, 0) is 0 Å². The molecule has 0 radical (unpaired) electrons. The van der Waals surface area contributed by atoms with Crippen LogP contribution in [0.2, 0.25) is 5.02 Å². The number of carbonyl (C=O) groups excluding carboxylic acids is 1. The Morgan fingerprint density at radius 3 is 2.90 bits per heavy atom. The summed E-state index contributed by atoms with van der Waals surface area (Å²) < 4.78 is 5.27. The van der Waals surface area contributed by atoms with Crippen molar-refractivity contribution in [2.24, 2.45) is 5.92 Å². The first-order valence-electron chi connectivity index (χ1n) is 6.91. The zero-order valence-corrected chi connectivity index (χ0v) is 13.0. The lowest BCUT2D eigenvalue weighted by molar-refractivity contribution is 0.182. The van der Waals surface area contributed by atoms with Crippen LogP contribution < -0.4 is 10.1 Å². The molecule has 1 aliphatic rings. The molecule has 0 saturated carbocycles. The highest BCUT2D eigenvalue weighted by atomic mass is 35.5. The highest BCUT2D eigenvalue weighted by molar-refractivity contribution is 6.31. The van der Waals surface area contributed by atoms with Gasteiger partial charge in [0.1, 0.15) is 5.75 Å². The van der Waals surface area contributed by atoms with Crippen LogP contribution in [0.1, 0.15) is 25.3 Å². The standard InChI is InChI=1S/C15H21ClN2O2/c1-10-5-4-6-18(9-10)15(19)17-13-7-11(2)12(16)8-14(13)20-3/h7-8,10H,4-6,9H2,1-3H3,(H,17,19). The van der Waals surface area contributed by atoms with E-state index in [4.69, 9.17) is 16.3 Å². The summed E-state index contributed by atoms with van der Waals surface area (Å²) in [5, 5.41) is 3.55. The minimum atomic E-state index is -0.0726.